The van der Waals surface area contributed by atoms with Crippen molar-refractivity contribution in [3.05, 3.63) is 30.6 Å². The van der Waals surface area contributed by atoms with Crippen LogP contribution in [-0.2, 0) is 4.79 Å². The molecule has 2 amide bonds. The molecule has 0 aliphatic heterocycles. The zero-order valence-electron chi connectivity index (χ0n) is 15.4. The molecule has 1 aromatic heterocycles. The van der Waals surface area contributed by atoms with Crippen molar-refractivity contribution in [3.8, 4) is 5.69 Å². The lowest BCUT2D eigenvalue weighted by molar-refractivity contribution is -0.142. The maximum absolute atomic E-state index is 12.3. The van der Waals surface area contributed by atoms with Gasteiger partial charge in [0.1, 0.15) is 6.33 Å². The zero-order valence-corrected chi connectivity index (χ0v) is 15.4. The molecule has 1 aliphatic carbocycles. The highest BCUT2D eigenvalue weighted by molar-refractivity contribution is 5.89. The Hall–Kier alpha value is -3.10. The summed E-state index contributed by atoms with van der Waals surface area (Å²) >= 11 is 0. The molecule has 1 aliphatic rings. The van der Waals surface area contributed by atoms with Gasteiger partial charge in [0.2, 0.25) is 5.95 Å². The summed E-state index contributed by atoms with van der Waals surface area (Å²) in [5.74, 6) is -0.444. The summed E-state index contributed by atoms with van der Waals surface area (Å²) in [7, 11) is 3.73. The van der Waals surface area contributed by atoms with Crippen molar-refractivity contribution < 1.29 is 14.7 Å². The summed E-state index contributed by atoms with van der Waals surface area (Å²) in [5, 5.41) is 19.2. The first-order chi connectivity index (χ1) is 12.9. The maximum Gasteiger partial charge on any atom is 0.319 e. The fourth-order valence-corrected chi connectivity index (χ4v) is 3.15. The van der Waals surface area contributed by atoms with E-state index in [1.165, 1.54) is 0 Å². The van der Waals surface area contributed by atoms with Gasteiger partial charge in [0.25, 0.3) is 0 Å². The van der Waals surface area contributed by atoms with E-state index in [0.717, 1.165) is 5.69 Å². The molecule has 1 fully saturated rings. The highest BCUT2D eigenvalue weighted by Crippen LogP contribution is 2.24. The van der Waals surface area contributed by atoms with Gasteiger partial charge >= 0.3 is 12.0 Å². The van der Waals surface area contributed by atoms with E-state index in [0.29, 0.717) is 37.3 Å². The van der Waals surface area contributed by atoms with E-state index in [-0.39, 0.29) is 18.0 Å². The molecule has 9 nitrogen and oxygen atoms in total. The summed E-state index contributed by atoms with van der Waals surface area (Å²) in [4.78, 5) is 29.3. The molecule has 0 unspecified atom stereocenters. The molecule has 0 bridgehead atoms. The number of carbonyl (C=O) groups excluding carboxylic acids is 1. The molecule has 3 N–H and O–H groups in total. The van der Waals surface area contributed by atoms with E-state index in [9.17, 15) is 9.59 Å². The molecule has 0 saturated heterocycles. The van der Waals surface area contributed by atoms with Crippen LogP contribution in [-0.4, -0.2) is 52.0 Å². The highest BCUT2D eigenvalue weighted by atomic mass is 16.4. The number of carbonyl (C=O) groups is 2. The third kappa shape index (κ3) is 4.75. The lowest BCUT2D eigenvalue weighted by Gasteiger charge is -2.26. The molecule has 3 rings (SSSR count). The maximum atomic E-state index is 12.3. The van der Waals surface area contributed by atoms with Crippen molar-refractivity contribution in [3.63, 3.8) is 0 Å². The van der Waals surface area contributed by atoms with Crippen molar-refractivity contribution in [2.75, 3.05) is 24.3 Å². The monoisotopic (exact) mass is 372 g/mol. The van der Waals surface area contributed by atoms with Gasteiger partial charge < -0.3 is 20.6 Å². The Labute approximate surface area is 157 Å². The van der Waals surface area contributed by atoms with E-state index < -0.39 is 5.97 Å². The van der Waals surface area contributed by atoms with Crippen LogP contribution < -0.4 is 15.5 Å². The minimum atomic E-state index is -0.750. The molecule has 9 heteroatoms. The minimum absolute atomic E-state index is 0.00162. The van der Waals surface area contributed by atoms with Crippen LogP contribution in [0.25, 0.3) is 5.69 Å². The molecular formula is C18H24N6O3. The molecule has 0 radical (unpaired) electrons. The van der Waals surface area contributed by atoms with E-state index in [2.05, 4.69) is 20.7 Å². The molecule has 0 spiro atoms. The SMILES string of the molecule is CN(C)c1ncn(-c2cccc(NC(=O)NC3CCC(C(=O)O)CC3)c2)n1. The molecule has 144 valence electrons. The standard InChI is InChI=1S/C18H24N6O3/c1-23(2)17-19-11-24(22-17)15-5-3-4-14(10-15)21-18(27)20-13-8-6-12(7-9-13)16(25)26/h3-5,10-13H,6-9H2,1-2H3,(H,25,26)(H2,20,21,27). The number of aromatic nitrogens is 3. The fourth-order valence-electron chi connectivity index (χ4n) is 3.15. The number of nitrogens with one attached hydrogen (secondary N) is 2. The first kappa shape index (κ1) is 18.7. The lowest BCUT2D eigenvalue weighted by atomic mass is 9.86. The average molecular weight is 372 g/mol. The fraction of sp³-hybridized carbons (Fsp3) is 0.444. The van der Waals surface area contributed by atoms with Crippen molar-refractivity contribution in [2.45, 2.75) is 31.7 Å². The number of urea groups is 1. The normalized spacial score (nSPS) is 19.3. The number of hydrogen-bond acceptors (Lipinski definition) is 5. The summed E-state index contributed by atoms with van der Waals surface area (Å²) in [6, 6.07) is 7.04. The van der Waals surface area contributed by atoms with Crippen LogP contribution in [0.2, 0.25) is 0 Å². The third-order valence-electron chi connectivity index (χ3n) is 4.66. The third-order valence-corrected chi connectivity index (χ3v) is 4.66. The van der Waals surface area contributed by atoms with Crippen molar-refractivity contribution >= 4 is 23.6 Å². The number of nitrogens with zero attached hydrogens (tertiary/aromatic N) is 4. The topological polar surface area (TPSA) is 112 Å². The predicted molar refractivity (Wildman–Crippen MR) is 101 cm³/mol. The van der Waals surface area contributed by atoms with Crippen LogP contribution in [0.3, 0.4) is 0 Å². The minimum Gasteiger partial charge on any atom is -0.481 e. The van der Waals surface area contributed by atoms with Gasteiger partial charge in [-0.1, -0.05) is 6.07 Å². The molecule has 1 aromatic carbocycles. The van der Waals surface area contributed by atoms with Crippen LogP contribution in [0, 0.1) is 5.92 Å². The van der Waals surface area contributed by atoms with Crippen molar-refractivity contribution in [1.29, 1.82) is 0 Å². The summed E-state index contributed by atoms with van der Waals surface area (Å²) in [6.07, 6.45) is 4.16. The Morgan fingerprint density at radius 1 is 1.22 bits per heavy atom. The van der Waals surface area contributed by atoms with Gasteiger partial charge in [0.15, 0.2) is 0 Å². The van der Waals surface area contributed by atoms with Gasteiger partial charge in [-0.25, -0.2) is 9.48 Å². The van der Waals surface area contributed by atoms with E-state index >= 15 is 0 Å². The van der Waals surface area contributed by atoms with Gasteiger partial charge in [-0.15, -0.1) is 5.10 Å². The van der Waals surface area contributed by atoms with Gasteiger partial charge in [0, 0.05) is 25.8 Å². The Balaban J connectivity index is 1.57. The largest absolute Gasteiger partial charge is 0.481 e. The number of aliphatic carboxylic acids is 1. The van der Waals surface area contributed by atoms with Gasteiger partial charge in [-0.05, 0) is 43.9 Å². The van der Waals surface area contributed by atoms with E-state index in [4.69, 9.17) is 5.11 Å². The van der Waals surface area contributed by atoms with E-state index in [1.54, 1.807) is 17.1 Å². The molecule has 0 atom stereocenters. The van der Waals surface area contributed by atoms with E-state index in [1.807, 2.05) is 37.2 Å². The van der Waals surface area contributed by atoms with Crippen LogP contribution in [0.4, 0.5) is 16.4 Å². The number of benzene rings is 1. The van der Waals surface area contributed by atoms with Gasteiger partial charge in [-0.3, -0.25) is 4.79 Å². The molecule has 1 heterocycles. The second-order valence-electron chi connectivity index (χ2n) is 6.92. The quantitative estimate of drug-likeness (QED) is 0.741. The highest BCUT2D eigenvalue weighted by Gasteiger charge is 2.26. The molecule has 1 saturated carbocycles. The second kappa shape index (κ2) is 8.07. The van der Waals surface area contributed by atoms with Crippen LogP contribution >= 0.6 is 0 Å². The molecular weight excluding hydrogens is 348 g/mol. The van der Waals surface area contributed by atoms with Crippen molar-refractivity contribution in [1.82, 2.24) is 20.1 Å². The average Bonchev–Trinajstić information content (AvgIpc) is 3.13. The Kier molecular flexibility index (Phi) is 5.58. The van der Waals surface area contributed by atoms with Crippen LogP contribution in [0.15, 0.2) is 30.6 Å². The van der Waals surface area contributed by atoms with Gasteiger partial charge in [-0.2, -0.15) is 4.98 Å². The number of amides is 2. The lowest BCUT2D eigenvalue weighted by Crippen LogP contribution is -2.40. The number of rotatable bonds is 5. The summed E-state index contributed by atoms with van der Waals surface area (Å²) in [6.45, 7) is 0. The van der Waals surface area contributed by atoms with Crippen LogP contribution in [0.1, 0.15) is 25.7 Å². The Bertz CT molecular complexity index is 811. The second-order valence-corrected chi connectivity index (χ2v) is 6.92. The zero-order chi connectivity index (χ0) is 19.4. The number of carboxylic acids is 1. The first-order valence-corrected chi connectivity index (χ1v) is 8.92. The number of carboxylic acid groups (broad SMARTS) is 1. The predicted octanol–water partition coefficient (Wildman–Crippen LogP) is 2.10. The Morgan fingerprint density at radius 3 is 2.59 bits per heavy atom. The summed E-state index contributed by atoms with van der Waals surface area (Å²) < 4.78 is 1.64. The number of anilines is 2. The van der Waals surface area contributed by atoms with Gasteiger partial charge in [0.05, 0.1) is 11.6 Å². The molecule has 2 aromatic rings. The summed E-state index contributed by atoms with van der Waals surface area (Å²) in [5.41, 5.74) is 1.43. The van der Waals surface area contributed by atoms with Crippen LogP contribution in [0.5, 0.6) is 0 Å². The Morgan fingerprint density at radius 2 is 1.96 bits per heavy atom. The smallest absolute Gasteiger partial charge is 0.319 e. The number of hydrogen-bond donors (Lipinski definition) is 3. The first-order valence-electron chi connectivity index (χ1n) is 8.92. The molecule has 27 heavy (non-hydrogen) atoms. The van der Waals surface area contributed by atoms with Crippen molar-refractivity contribution in [2.24, 2.45) is 5.92 Å².